The van der Waals surface area contributed by atoms with E-state index in [0.29, 0.717) is 16.5 Å². The van der Waals surface area contributed by atoms with Crippen LogP contribution in [0.3, 0.4) is 0 Å². The number of hydrogen-bond acceptors (Lipinski definition) is 3. The van der Waals surface area contributed by atoms with E-state index in [1.165, 1.54) is 11.3 Å². The molecule has 2 heterocycles. The van der Waals surface area contributed by atoms with Crippen LogP contribution >= 0.6 is 22.9 Å². The summed E-state index contributed by atoms with van der Waals surface area (Å²) in [6.45, 7) is 0. The fourth-order valence-electron chi connectivity index (χ4n) is 1.73. The second kappa shape index (κ2) is 3.43. The topological polar surface area (TPSA) is 50.2 Å². The highest BCUT2D eigenvalue weighted by Gasteiger charge is 2.27. The molecule has 0 aliphatic heterocycles. The van der Waals surface area contributed by atoms with E-state index in [1.807, 2.05) is 6.07 Å². The average molecular weight is 254 g/mol. The smallest absolute Gasteiger partial charge is 0.338 e. The highest BCUT2D eigenvalue weighted by atomic mass is 35.5. The van der Waals surface area contributed by atoms with Crippen molar-refractivity contribution in [2.24, 2.45) is 0 Å². The number of carbonyl (C=O) groups is 1. The number of pyridine rings is 1. The molecule has 1 aliphatic rings. The predicted octanol–water partition coefficient (Wildman–Crippen LogP) is 3.53. The molecule has 2 aromatic heterocycles. The van der Waals surface area contributed by atoms with Gasteiger partial charge in [0.1, 0.15) is 0 Å². The first kappa shape index (κ1) is 10.1. The number of hydrogen-bond donors (Lipinski definition) is 1. The van der Waals surface area contributed by atoms with Crippen LogP contribution in [-0.4, -0.2) is 16.1 Å². The van der Waals surface area contributed by atoms with Crippen LogP contribution in [0.15, 0.2) is 11.4 Å². The summed E-state index contributed by atoms with van der Waals surface area (Å²) in [4.78, 5) is 15.4. The van der Waals surface area contributed by atoms with E-state index in [2.05, 4.69) is 4.98 Å². The number of nitrogens with zero attached hydrogens (tertiary/aromatic N) is 1. The Hall–Kier alpha value is -1.13. The summed E-state index contributed by atoms with van der Waals surface area (Å²) < 4.78 is 0.767. The van der Waals surface area contributed by atoms with Crippen molar-refractivity contribution in [3.63, 3.8) is 0 Å². The molecule has 3 nitrogen and oxygen atoms in total. The monoisotopic (exact) mass is 253 g/mol. The Morgan fingerprint density at radius 2 is 2.31 bits per heavy atom. The first-order valence-corrected chi connectivity index (χ1v) is 6.23. The van der Waals surface area contributed by atoms with Crippen molar-refractivity contribution in [3.8, 4) is 0 Å². The van der Waals surface area contributed by atoms with Gasteiger partial charge in [0.15, 0.2) is 0 Å². The lowest BCUT2D eigenvalue weighted by Crippen LogP contribution is -1.96. The van der Waals surface area contributed by atoms with Gasteiger partial charge < -0.3 is 5.11 Å². The van der Waals surface area contributed by atoms with Crippen molar-refractivity contribution < 1.29 is 9.90 Å². The van der Waals surface area contributed by atoms with Gasteiger partial charge in [-0.3, -0.25) is 4.98 Å². The van der Waals surface area contributed by atoms with E-state index in [0.717, 1.165) is 23.2 Å². The van der Waals surface area contributed by atoms with Gasteiger partial charge in [0, 0.05) is 17.0 Å². The van der Waals surface area contributed by atoms with Crippen molar-refractivity contribution in [3.05, 3.63) is 27.7 Å². The third-order valence-corrected chi connectivity index (χ3v) is 4.14. The Bertz CT molecular complexity index is 589. The molecular formula is C11H8ClNO2S. The molecule has 1 aliphatic carbocycles. The van der Waals surface area contributed by atoms with E-state index in [9.17, 15) is 4.79 Å². The van der Waals surface area contributed by atoms with Crippen molar-refractivity contribution in [2.45, 2.75) is 18.8 Å². The van der Waals surface area contributed by atoms with Crippen LogP contribution in [0.5, 0.6) is 0 Å². The van der Waals surface area contributed by atoms with Crippen molar-refractivity contribution in [1.82, 2.24) is 4.98 Å². The molecule has 0 saturated heterocycles. The molecule has 0 radical (unpaired) electrons. The number of aromatic carboxylic acids is 1. The van der Waals surface area contributed by atoms with Crippen molar-refractivity contribution in [1.29, 1.82) is 0 Å². The van der Waals surface area contributed by atoms with Gasteiger partial charge >= 0.3 is 5.97 Å². The number of rotatable bonds is 2. The van der Waals surface area contributed by atoms with Crippen LogP contribution in [0.1, 0.15) is 34.8 Å². The number of thiophene rings is 1. The molecule has 82 valence electrons. The SMILES string of the molecule is O=C(O)c1csc2c(Cl)cc(C3CC3)nc12. The van der Waals surface area contributed by atoms with E-state index in [4.69, 9.17) is 16.7 Å². The molecule has 5 heteroatoms. The quantitative estimate of drug-likeness (QED) is 0.891. The molecule has 16 heavy (non-hydrogen) atoms. The van der Waals surface area contributed by atoms with Crippen LogP contribution in [0, 0.1) is 0 Å². The largest absolute Gasteiger partial charge is 0.478 e. The summed E-state index contributed by atoms with van der Waals surface area (Å²) in [5, 5.41) is 11.2. The number of carboxylic acid groups (broad SMARTS) is 1. The number of aromatic nitrogens is 1. The molecule has 3 rings (SSSR count). The second-order valence-electron chi connectivity index (χ2n) is 3.94. The van der Waals surface area contributed by atoms with Crippen molar-refractivity contribution >= 4 is 39.1 Å². The third kappa shape index (κ3) is 1.49. The number of carboxylic acids is 1. The molecular weight excluding hydrogens is 246 g/mol. The minimum Gasteiger partial charge on any atom is -0.478 e. The van der Waals surface area contributed by atoms with Gasteiger partial charge in [-0.2, -0.15) is 0 Å². The molecule has 0 spiro atoms. The highest BCUT2D eigenvalue weighted by molar-refractivity contribution is 7.18. The lowest BCUT2D eigenvalue weighted by molar-refractivity contribution is 0.0699. The van der Waals surface area contributed by atoms with Gasteiger partial charge in [0.05, 0.1) is 20.8 Å². The Morgan fingerprint density at radius 1 is 1.56 bits per heavy atom. The molecule has 0 amide bonds. The lowest BCUT2D eigenvalue weighted by Gasteiger charge is -2.00. The van der Waals surface area contributed by atoms with E-state index >= 15 is 0 Å². The maximum Gasteiger partial charge on any atom is 0.338 e. The Balaban J connectivity index is 2.28. The average Bonchev–Trinajstić information content (AvgIpc) is 2.98. The van der Waals surface area contributed by atoms with E-state index in [1.54, 1.807) is 5.38 Å². The summed E-state index contributed by atoms with van der Waals surface area (Å²) in [5.41, 5.74) is 1.72. The van der Waals surface area contributed by atoms with Crippen LogP contribution in [0.2, 0.25) is 5.02 Å². The standard InChI is InChI=1S/C11H8ClNO2S/c12-7-3-8(5-1-2-5)13-9-6(11(14)15)4-16-10(7)9/h3-5H,1-2H2,(H,14,15). The normalized spacial score (nSPS) is 15.6. The maximum atomic E-state index is 11.0. The summed E-state index contributed by atoms with van der Waals surface area (Å²) in [5.74, 6) is -0.466. The van der Waals surface area contributed by atoms with Gasteiger partial charge in [-0.25, -0.2) is 4.79 Å². The molecule has 0 unspecified atom stereocenters. The van der Waals surface area contributed by atoms with E-state index < -0.39 is 5.97 Å². The molecule has 0 atom stereocenters. The summed E-state index contributed by atoms with van der Waals surface area (Å²) in [6, 6.07) is 1.86. The third-order valence-electron chi connectivity index (χ3n) is 2.72. The van der Waals surface area contributed by atoms with E-state index in [-0.39, 0.29) is 5.56 Å². The van der Waals surface area contributed by atoms with Gasteiger partial charge in [-0.05, 0) is 18.9 Å². The molecule has 2 aromatic rings. The molecule has 1 fully saturated rings. The van der Waals surface area contributed by atoms with Gasteiger partial charge in [0.25, 0.3) is 0 Å². The Kier molecular flexibility index (Phi) is 2.16. The zero-order chi connectivity index (χ0) is 11.3. The zero-order valence-electron chi connectivity index (χ0n) is 8.24. The van der Waals surface area contributed by atoms with Crippen LogP contribution in [0.25, 0.3) is 10.2 Å². The summed E-state index contributed by atoms with van der Waals surface area (Å²) >= 11 is 7.46. The lowest BCUT2D eigenvalue weighted by atomic mass is 10.2. The zero-order valence-corrected chi connectivity index (χ0v) is 9.81. The fourth-order valence-corrected chi connectivity index (χ4v) is 2.95. The minimum absolute atomic E-state index is 0.254. The molecule has 0 aromatic carbocycles. The highest BCUT2D eigenvalue weighted by Crippen LogP contribution is 2.42. The van der Waals surface area contributed by atoms with Crippen LogP contribution in [-0.2, 0) is 0 Å². The molecule has 1 N–H and O–H groups in total. The van der Waals surface area contributed by atoms with Crippen molar-refractivity contribution in [2.75, 3.05) is 0 Å². The molecule has 1 saturated carbocycles. The maximum absolute atomic E-state index is 11.0. The fraction of sp³-hybridized carbons (Fsp3) is 0.273. The number of fused-ring (bicyclic) bond motifs is 1. The molecule has 0 bridgehead atoms. The van der Waals surface area contributed by atoms with Gasteiger partial charge in [-0.1, -0.05) is 11.6 Å². The summed E-state index contributed by atoms with van der Waals surface area (Å²) in [7, 11) is 0. The van der Waals surface area contributed by atoms with Gasteiger partial charge in [0.2, 0.25) is 0 Å². The predicted molar refractivity (Wildman–Crippen MR) is 63.6 cm³/mol. The first-order valence-electron chi connectivity index (χ1n) is 4.97. The number of halogens is 1. The van der Waals surface area contributed by atoms with Crippen LogP contribution < -0.4 is 0 Å². The Labute approximate surface area is 101 Å². The minimum atomic E-state index is -0.942. The summed E-state index contributed by atoms with van der Waals surface area (Å²) in [6.07, 6.45) is 2.25. The van der Waals surface area contributed by atoms with Crippen LogP contribution in [0.4, 0.5) is 0 Å². The Morgan fingerprint density at radius 3 is 2.94 bits per heavy atom. The second-order valence-corrected chi connectivity index (χ2v) is 5.22. The first-order chi connectivity index (χ1) is 7.66. The van der Waals surface area contributed by atoms with Gasteiger partial charge in [-0.15, -0.1) is 11.3 Å².